The fourth-order valence-corrected chi connectivity index (χ4v) is 3.02. The van der Waals surface area contributed by atoms with Crippen molar-refractivity contribution in [1.29, 1.82) is 0 Å². The van der Waals surface area contributed by atoms with Crippen LogP contribution in [0.25, 0.3) is 10.2 Å². The molecular formula is C14H13FN4S. The Morgan fingerprint density at radius 1 is 1.25 bits per heavy atom. The van der Waals surface area contributed by atoms with Crippen LogP contribution in [0.3, 0.4) is 0 Å². The number of aromatic nitrogens is 2. The number of fused-ring (bicyclic) bond motifs is 1. The van der Waals surface area contributed by atoms with Crippen LogP contribution in [0.4, 0.5) is 21.8 Å². The van der Waals surface area contributed by atoms with Crippen molar-refractivity contribution in [2.75, 3.05) is 17.7 Å². The summed E-state index contributed by atoms with van der Waals surface area (Å²) < 4.78 is 13.9. The van der Waals surface area contributed by atoms with Crippen molar-refractivity contribution in [3.8, 4) is 0 Å². The second kappa shape index (κ2) is 4.72. The number of para-hydroxylation sites is 1. The zero-order valence-corrected chi connectivity index (χ0v) is 11.9. The molecule has 0 amide bonds. The fraction of sp³-hybridized carbons (Fsp3) is 0.143. The second-order valence-electron chi connectivity index (χ2n) is 4.49. The number of nitrogens with two attached hydrogens (primary N) is 1. The molecule has 2 heterocycles. The Bertz CT molecular complexity index is 784. The van der Waals surface area contributed by atoms with Crippen LogP contribution in [0.1, 0.15) is 4.88 Å². The fourth-order valence-electron chi connectivity index (χ4n) is 2.14. The molecule has 2 aromatic heterocycles. The predicted molar refractivity (Wildman–Crippen MR) is 81.0 cm³/mol. The standard InChI is InChI=1S/C14H13FN4S/c1-8-7-9-12(17-14(16)18-13(9)20-8)19(2)11-6-4-3-5-10(11)15/h3-7H,1-2H3,(H2,16,17,18). The van der Waals surface area contributed by atoms with E-state index in [9.17, 15) is 4.39 Å². The molecule has 20 heavy (non-hydrogen) atoms. The lowest BCUT2D eigenvalue weighted by atomic mass is 10.2. The molecule has 1 aromatic carbocycles. The minimum atomic E-state index is -0.299. The molecule has 0 aliphatic heterocycles. The van der Waals surface area contributed by atoms with Crippen LogP contribution in [0.2, 0.25) is 0 Å². The van der Waals surface area contributed by atoms with Gasteiger partial charge < -0.3 is 10.6 Å². The lowest BCUT2D eigenvalue weighted by Crippen LogP contribution is -2.14. The number of aryl methyl sites for hydroxylation is 1. The van der Waals surface area contributed by atoms with E-state index in [1.807, 2.05) is 13.0 Å². The highest BCUT2D eigenvalue weighted by atomic mass is 32.1. The molecule has 102 valence electrons. The first kappa shape index (κ1) is 12.8. The molecule has 6 heteroatoms. The van der Waals surface area contributed by atoms with Crippen molar-refractivity contribution in [2.45, 2.75) is 6.92 Å². The van der Waals surface area contributed by atoms with Crippen molar-refractivity contribution in [2.24, 2.45) is 0 Å². The lowest BCUT2D eigenvalue weighted by Gasteiger charge is -2.19. The van der Waals surface area contributed by atoms with Gasteiger partial charge in [0.1, 0.15) is 16.5 Å². The number of nitrogens with zero attached hydrogens (tertiary/aromatic N) is 3. The molecule has 0 radical (unpaired) electrons. The first-order chi connectivity index (χ1) is 9.56. The van der Waals surface area contributed by atoms with E-state index >= 15 is 0 Å². The summed E-state index contributed by atoms with van der Waals surface area (Å²) in [6.07, 6.45) is 0. The number of thiophene rings is 1. The molecule has 0 fully saturated rings. The maximum absolute atomic E-state index is 13.9. The molecule has 0 atom stereocenters. The summed E-state index contributed by atoms with van der Waals surface area (Å²) in [6.45, 7) is 2.00. The zero-order valence-electron chi connectivity index (χ0n) is 11.1. The minimum Gasteiger partial charge on any atom is -0.368 e. The van der Waals surface area contributed by atoms with Crippen molar-refractivity contribution in [3.05, 3.63) is 41.0 Å². The summed E-state index contributed by atoms with van der Waals surface area (Å²) in [5, 5.41) is 0.882. The van der Waals surface area contributed by atoms with Gasteiger partial charge >= 0.3 is 0 Å². The molecule has 0 spiro atoms. The summed E-state index contributed by atoms with van der Waals surface area (Å²) in [6, 6.07) is 8.57. The average Bonchev–Trinajstić information content (AvgIpc) is 2.77. The number of benzene rings is 1. The monoisotopic (exact) mass is 288 g/mol. The van der Waals surface area contributed by atoms with Crippen molar-refractivity contribution < 1.29 is 4.39 Å². The van der Waals surface area contributed by atoms with E-state index in [0.29, 0.717) is 11.5 Å². The zero-order chi connectivity index (χ0) is 14.3. The average molecular weight is 288 g/mol. The quantitative estimate of drug-likeness (QED) is 0.784. The molecular weight excluding hydrogens is 275 g/mol. The SMILES string of the molecule is Cc1cc2c(N(C)c3ccccc3F)nc(N)nc2s1. The first-order valence-corrected chi connectivity index (χ1v) is 6.90. The Labute approximate surface area is 119 Å². The smallest absolute Gasteiger partial charge is 0.223 e. The molecule has 0 unspecified atom stereocenters. The third-order valence-corrected chi connectivity index (χ3v) is 3.99. The van der Waals surface area contributed by atoms with Gasteiger partial charge in [-0.05, 0) is 25.1 Å². The maximum atomic E-state index is 13.9. The molecule has 0 aliphatic carbocycles. The van der Waals surface area contributed by atoms with Crippen LogP contribution in [-0.2, 0) is 0 Å². The van der Waals surface area contributed by atoms with Gasteiger partial charge in [0.2, 0.25) is 5.95 Å². The molecule has 0 aliphatic rings. The van der Waals surface area contributed by atoms with Gasteiger partial charge in [0.05, 0.1) is 11.1 Å². The Morgan fingerprint density at radius 2 is 2.00 bits per heavy atom. The normalized spacial score (nSPS) is 10.9. The summed E-state index contributed by atoms with van der Waals surface area (Å²) in [7, 11) is 1.77. The number of hydrogen-bond donors (Lipinski definition) is 1. The highest BCUT2D eigenvalue weighted by Crippen LogP contribution is 2.34. The number of rotatable bonds is 2. The largest absolute Gasteiger partial charge is 0.368 e. The number of nitrogen functional groups attached to an aromatic ring is 1. The first-order valence-electron chi connectivity index (χ1n) is 6.08. The molecule has 4 nitrogen and oxygen atoms in total. The van der Waals surface area contributed by atoms with Crippen molar-refractivity contribution in [3.63, 3.8) is 0 Å². The summed E-state index contributed by atoms with van der Waals surface area (Å²) in [4.78, 5) is 12.1. The van der Waals surface area contributed by atoms with Crippen LogP contribution < -0.4 is 10.6 Å². The van der Waals surface area contributed by atoms with Crippen molar-refractivity contribution in [1.82, 2.24) is 9.97 Å². The Morgan fingerprint density at radius 3 is 2.75 bits per heavy atom. The second-order valence-corrected chi connectivity index (χ2v) is 5.73. The molecule has 0 saturated heterocycles. The molecule has 0 bridgehead atoms. The van der Waals surface area contributed by atoms with Crippen molar-refractivity contribution >= 4 is 39.0 Å². The van der Waals surface area contributed by atoms with E-state index in [4.69, 9.17) is 5.73 Å². The molecule has 3 rings (SSSR count). The lowest BCUT2D eigenvalue weighted by molar-refractivity contribution is 0.627. The maximum Gasteiger partial charge on any atom is 0.223 e. The predicted octanol–water partition coefficient (Wildman–Crippen LogP) is 3.49. The van der Waals surface area contributed by atoms with E-state index in [-0.39, 0.29) is 11.8 Å². The van der Waals surface area contributed by atoms with Crippen LogP contribution >= 0.6 is 11.3 Å². The van der Waals surface area contributed by atoms with E-state index in [1.165, 1.54) is 6.07 Å². The summed E-state index contributed by atoms with van der Waals surface area (Å²) >= 11 is 1.55. The highest BCUT2D eigenvalue weighted by molar-refractivity contribution is 7.18. The van der Waals surface area contributed by atoms with Crippen LogP contribution in [0, 0.1) is 12.7 Å². The van der Waals surface area contributed by atoms with Crippen LogP contribution in [0.5, 0.6) is 0 Å². The van der Waals surface area contributed by atoms with E-state index in [1.54, 1.807) is 41.5 Å². The third kappa shape index (κ3) is 2.08. The minimum absolute atomic E-state index is 0.192. The van der Waals surface area contributed by atoms with Gasteiger partial charge in [-0.3, -0.25) is 0 Å². The number of hydrogen-bond acceptors (Lipinski definition) is 5. The number of halogens is 1. The Hall–Kier alpha value is -2.21. The van der Waals surface area contributed by atoms with Gasteiger partial charge in [-0.15, -0.1) is 11.3 Å². The number of anilines is 3. The van der Waals surface area contributed by atoms with Crippen LogP contribution in [-0.4, -0.2) is 17.0 Å². The van der Waals surface area contributed by atoms with E-state index in [2.05, 4.69) is 9.97 Å². The topological polar surface area (TPSA) is 55.0 Å². The third-order valence-electron chi connectivity index (χ3n) is 3.04. The van der Waals surface area contributed by atoms with E-state index < -0.39 is 0 Å². The van der Waals surface area contributed by atoms with Gasteiger partial charge in [-0.2, -0.15) is 4.98 Å². The van der Waals surface area contributed by atoms with Crippen LogP contribution in [0.15, 0.2) is 30.3 Å². The van der Waals surface area contributed by atoms with E-state index in [0.717, 1.165) is 15.1 Å². The van der Waals surface area contributed by atoms with Gasteiger partial charge in [-0.25, -0.2) is 9.37 Å². The van der Waals surface area contributed by atoms with Gasteiger partial charge in [-0.1, -0.05) is 12.1 Å². The highest BCUT2D eigenvalue weighted by Gasteiger charge is 2.16. The summed E-state index contributed by atoms with van der Waals surface area (Å²) in [5.41, 5.74) is 6.21. The van der Waals surface area contributed by atoms with Gasteiger partial charge in [0.25, 0.3) is 0 Å². The molecule has 0 saturated carbocycles. The molecule has 3 aromatic rings. The summed E-state index contributed by atoms with van der Waals surface area (Å²) in [5.74, 6) is 0.506. The van der Waals surface area contributed by atoms with Gasteiger partial charge in [0, 0.05) is 11.9 Å². The Balaban J connectivity index is 2.21. The Kier molecular flexibility index (Phi) is 3.02. The molecule has 2 N–H and O–H groups in total. The van der Waals surface area contributed by atoms with Gasteiger partial charge in [0.15, 0.2) is 0 Å².